The number of aliphatic carboxylic acids is 1. The first-order valence-electron chi connectivity index (χ1n) is 6.57. The molecule has 1 atom stereocenters. The van der Waals surface area contributed by atoms with E-state index in [2.05, 4.69) is 10.6 Å². The average molecular weight is 287 g/mol. The molecule has 8 nitrogen and oxygen atoms in total. The van der Waals surface area contributed by atoms with E-state index in [1.165, 1.54) is 6.92 Å². The summed E-state index contributed by atoms with van der Waals surface area (Å²) < 4.78 is 5.16. The van der Waals surface area contributed by atoms with Crippen molar-refractivity contribution in [1.29, 1.82) is 0 Å². The Bertz CT molecular complexity index is 355. The second-order valence-electron chi connectivity index (χ2n) is 4.54. The number of ether oxygens (including phenoxy) is 1. The SMILES string of the molecule is CC(=O)NC(CNCCC(=O)N1CCOCC1)C(=O)O. The van der Waals surface area contributed by atoms with Crippen molar-refractivity contribution in [1.82, 2.24) is 15.5 Å². The van der Waals surface area contributed by atoms with Crippen LogP contribution >= 0.6 is 0 Å². The summed E-state index contributed by atoms with van der Waals surface area (Å²) in [6.45, 7) is 4.04. The number of nitrogens with one attached hydrogen (secondary N) is 2. The van der Waals surface area contributed by atoms with Gasteiger partial charge in [0.25, 0.3) is 0 Å². The molecule has 0 radical (unpaired) electrons. The summed E-state index contributed by atoms with van der Waals surface area (Å²) in [6.07, 6.45) is 0.298. The highest BCUT2D eigenvalue weighted by Crippen LogP contribution is 1.99. The predicted octanol–water partition coefficient (Wildman–Crippen LogP) is -1.59. The summed E-state index contributed by atoms with van der Waals surface area (Å²) >= 11 is 0. The molecule has 2 amide bonds. The van der Waals surface area contributed by atoms with Crippen molar-refractivity contribution in [3.8, 4) is 0 Å². The lowest BCUT2D eigenvalue weighted by Crippen LogP contribution is -2.47. The predicted molar refractivity (Wildman–Crippen MR) is 70.1 cm³/mol. The van der Waals surface area contributed by atoms with Gasteiger partial charge >= 0.3 is 5.97 Å². The first kappa shape index (κ1) is 16.4. The van der Waals surface area contributed by atoms with Gasteiger partial charge in [-0.25, -0.2) is 4.79 Å². The van der Waals surface area contributed by atoms with Gasteiger partial charge in [0.1, 0.15) is 6.04 Å². The van der Waals surface area contributed by atoms with Gasteiger partial charge in [-0.05, 0) is 0 Å². The number of hydrogen-bond acceptors (Lipinski definition) is 5. The number of hydrogen-bond donors (Lipinski definition) is 3. The number of nitrogens with zero attached hydrogens (tertiary/aromatic N) is 1. The lowest BCUT2D eigenvalue weighted by atomic mass is 10.2. The monoisotopic (exact) mass is 287 g/mol. The van der Waals surface area contributed by atoms with E-state index in [0.29, 0.717) is 39.3 Å². The maximum absolute atomic E-state index is 11.8. The van der Waals surface area contributed by atoms with Crippen LogP contribution in [0.15, 0.2) is 0 Å². The van der Waals surface area contributed by atoms with E-state index in [1.807, 2.05) is 0 Å². The minimum absolute atomic E-state index is 0.0206. The zero-order valence-corrected chi connectivity index (χ0v) is 11.6. The van der Waals surface area contributed by atoms with Crippen molar-refractivity contribution in [3.05, 3.63) is 0 Å². The van der Waals surface area contributed by atoms with Gasteiger partial charge in [0.15, 0.2) is 0 Å². The Morgan fingerprint density at radius 3 is 2.50 bits per heavy atom. The Labute approximate surface area is 117 Å². The first-order valence-corrected chi connectivity index (χ1v) is 6.57. The molecule has 0 saturated carbocycles. The molecule has 1 saturated heterocycles. The minimum Gasteiger partial charge on any atom is -0.480 e. The summed E-state index contributed by atoms with van der Waals surface area (Å²) in [7, 11) is 0. The Kier molecular flexibility index (Phi) is 6.96. The van der Waals surface area contributed by atoms with Crippen LogP contribution < -0.4 is 10.6 Å². The summed E-state index contributed by atoms with van der Waals surface area (Å²) in [5.41, 5.74) is 0. The number of carboxylic acid groups (broad SMARTS) is 1. The van der Waals surface area contributed by atoms with Gasteiger partial charge in [0.2, 0.25) is 11.8 Å². The van der Waals surface area contributed by atoms with Crippen molar-refractivity contribution in [2.24, 2.45) is 0 Å². The Balaban J connectivity index is 2.20. The third-order valence-electron chi connectivity index (χ3n) is 2.90. The third-order valence-corrected chi connectivity index (χ3v) is 2.90. The van der Waals surface area contributed by atoms with Crippen LogP contribution in [0.5, 0.6) is 0 Å². The van der Waals surface area contributed by atoms with Crippen LogP contribution in [0.25, 0.3) is 0 Å². The minimum atomic E-state index is -1.10. The zero-order chi connectivity index (χ0) is 15.0. The molecule has 1 unspecified atom stereocenters. The second-order valence-corrected chi connectivity index (χ2v) is 4.54. The van der Waals surface area contributed by atoms with Gasteiger partial charge in [0.05, 0.1) is 13.2 Å². The smallest absolute Gasteiger partial charge is 0.327 e. The molecule has 1 heterocycles. The molecule has 0 spiro atoms. The highest BCUT2D eigenvalue weighted by molar-refractivity contribution is 5.82. The van der Waals surface area contributed by atoms with Crippen LogP contribution in [0, 0.1) is 0 Å². The van der Waals surface area contributed by atoms with Gasteiger partial charge in [-0.1, -0.05) is 0 Å². The quantitative estimate of drug-likeness (QED) is 0.487. The fraction of sp³-hybridized carbons (Fsp3) is 0.750. The van der Waals surface area contributed by atoms with E-state index >= 15 is 0 Å². The topological polar surface area (TPSA) is 108 Å². The highest BCUT2D eigenvalue weighted by atomic mass is 16.5. The molecule has 20 heavy (non-hydrogen) atoms. The first-order chi connectivity index (χ1) is 9.50. The Hall–Kier alpha value is -1.67. The van der Waals surface area contributed by atoms with Crippen LogP contribution in [-0.4, -0.2) is 73.2 Å². The molecule has 1 aliphatic heterocycles. The number of carbonyl (C=O) groups is 3. The van der Waals surface area contributed by atoms with E-state index in [1.54, 1.807) is 4.90 Å². The van der Waals surface area contributed by atoms with Gasteiger partial charge < -0.3 is 25.4 Å². The van der Waals surface area contributed by atoms with Gasteiger partial charge in [-0.3, -0.25) is 9.59 Å². The number of rotatable bonds is 7. The number of carboxylic acids is 1. The van der Waals surface area contributed by atoms with E-state index in [0.717, 1.165) is 0 Å². The third kappa shape index (κ3) is 5.98. The van der Waals surface area contributed by atoms with Crippen LogP contribution in [0.4, 0.5) is 0 Å². The maximum atomic E-state index is 11.8. The van der Waals surface area contributed by atoms with Crippen molar-refractivity contribution in [2.45, 2.75) is 19.4 Å². The number of amides is 2. The standard InChI is InChI=1S/C12H21N3O5/c1-9(16)14-10(12(18)19)8-13-3-2-11(17)15-4-6-20-7-5-15/h10,13H,2-8H2,1H3,(H,14,16)(H,18,19). The summed E-state index contributed by atoms with van der Waals surface area (Å²) in [5.74, 6) is -1.48. The molecule has 0 aliphatic carbocycles. The van der Waals surface area contributed by atoms with E-state index in [9.17, 15) is 14.4 Å². The van der Waals surface area contributed by atoms with Gasteiger partial charge in [-0.2, -0.15) is 0 Å². The maximum Gasteiger partial charge on any atom is 0.327 e. The molecule has 0 aromatic rings. The van der Waals surface area contributed by atoms with Crippen LogP contribution in [0.1, 0.15) is 13.3 Å². The fourth-order valence-corrected chi connectivity index (χ4v) is 1.86. The number of morpholine rings is 1. The van der Waals surface area contributed by atoms with Crippen molar-refractivity contribution in [3.63, 3.8) is 0 Å². The largest absolute Gasteiger partial charge is 0.480 e. The number of carbonyl (C=O) groups excluding carboxylic acids is 2. The van der Waals surface area contributed by atoms with Crippen LogP contribution in [-0.2, 0) is 19.1 Å². The zero-order valence-electron chi connectivity index (χ0n) is 11.6. The molecule has 8 heteroatoms. The average Bonchev–Trinajstić information content (AvgIpc) is 2.42. The lowest BCUT2D eigenvalue weighted by molar-refractivity contribution is -0.141. The fourth-order valence-electron chi connectivity index (χ4n) is 1.86. The van der Waals surface area contributed by atoms with Crippen LogP contribution in [0.3, 0.4) is 0 Å². The normalized spacial score (nSPS) is 16.6. The highest BCUT2D eigenvalue weighted by Gasteiger charge is 2.19. The van der Waals surface area contributed by atoms with E-state index in [4.69, 9.17) is 9.84 Å². The van der Waals surface area contributed by atoms with Crippen LogP contribution in [0.2, 0.25) is 0 Å². The van der Waals surface area contributed by atoms with Gasteiger partial charge in [0, 0.05) is 39.5 Å². The molecule has 1 aliphatic rings. The van der Waals surface area contributed by atoms with E-state index < -0.39 is 17.9 Å². The molecular formula is C12H21N3O5. The second kappa shape index (κ2) is 8.49. The molecule has 0 aromatic carbocycles. The molecule has 1 fully saturated rings. The molecule has 0 aromatic heterocycles. The van der Waals surface area contributed by atoms with Gasteiger partial charge in [-0.15, -0.1) is 0 Å². The summed E-state index contributed by atoms with van der Waals surface area (Å²) in [6, 6.07) is -0.981. The molecular weight excluding hydrogens is 266 g/mol. The molecule has 1 rings (SSSR count). The molecule has 0 bridgehead atoms. The summed E-state index contributed by atoms with van der Waals surface area (Å²) in [4.78, 5) is 35.2. The van der Waals surface area contributed by atoms with Crippen molar-refractivity contribution >= 4 is 17.8 Å². The Morgan fingerprint density at radius 2 is 1.95 bits per heavy atom. The van der Waals surface area contributed by atoms with Crippen molar-refractivity contribution in [2.75, 3.05) is 39.4 Å². The Morgan fingerprint density at radius 1 is 1.30 bits per heavy atom. The van der Waals surface area contributed by atoms with Crippen molar-refractivity contribution < 1.29 is 24.2 Å². The summed E-state index contributed by atoms with van der Waals surface area (Å²) in [5, 5.41) is 14.1. The molecule has 3 N–H and O–H groups in total. The lowest BCUT2D eigenvalue weighted by Gasteiger charge is -2.27. The molecule has 114 valence electrons. The van der Waals surface area contributed by atoms with E-state index in [-0.39, 0.29) is 12.5 Å².